The molecule has 0 aromatic rings. The van der Waals surface area contributed by atoms with Crippen LogP contribution in [0.5, 0.6) is 0 Å². The van der Waals surface area contributed by atoms with Crippen LogP contribution in [0.1, 0.15) is 0 Å². The van der Waals surface area contributed by atoms with E-state index in [1.54, 1.807) is 0 Å². The lowest BCUT2D eigenvalue weighted by atomic mass is 10.6. The van der Waals surface area contributed by atoms with E-state index in [0.29, 0.717) is 0 Å². The van der Waals surface area contributed by atoms with Crippen LogP contribution < -0.4 is 0 Å². The molecule has 1 fully saturated rings. The maximum Gasteiger partial charge on any atom is 0.411 e. The summed E-state index contributed by atoms with van der Waals surface area (Å²) in [6, 6.07) is 0. The molecule has 3 nitrogen and oxygen atoms in total. The molecular formula is C6H6F6O3. The minimum atomic E-state index is -4.54. The summed E-state index contributed by atoms with van der Waals surface area (Å²) in [6.45, 7) is -3.16. The van der Waals surface area contributed by atoms with Gasteiger partial charge in [-0.05, 0) is 0 Å². The third kappa shape index (κ3) is 5.80. The van der Waals surface area contributed by atoms with Gasteiger partial charge in [-0.25, -0.2) is 0 Å². The number of hydrogen-bond donors (Lipinski definition) is 0. The molecule has 1 rings (SSSR count). The average Bonchev–Trinajstić information content (AvgIpc) is 2.73. The smallest absolute Gasteiger partial charge is 0.338 e. The van der Waals surface area contributed by atoms with E-state index in [-0.39, 0.29) is 0 Å². The van der Waals surface area contributed by atoms with Crippen molar-refractivity contribution in [1.29, 1.82) is 0 Å². The third-order valence-electron chi connectivity index (χ3n) is 1.24. The summed E-state index contributed by atoms with van der Waals surface area (Å²) < 4.78 is 81.6. The van der Waals surface area contributed by atoms with Gasteiger partial charge in [0.15, 0.2) is 0 Å². The van der Waals surface area contributed by atoms with Crippen molar-refractivity contribution in [3.63, 3.8) is 0 Å². The zero-order valence-corrected chi connectivity index (χ0v) is 7.06. The summed E-state index contributed by atoms with van der Waals surface area (Å²) in [6.07, 6.45) is -11.8. The van der Waals surface area contributed by atoms with Crippen LogP contribution in [0.4, 0.5) is 26.3 Å². The van der Waals surface area contributed by atoms with Crippen molar-refractivity contribution in [2.24, 2.45) is 0 Å². The lowest BCUT2D eigenvalue weighted by Gasteiger charge is -2.06. The summed E-state index contributed by atoms with van der Waals surface area (Å²) in [5.41, 5.74) is 0. The van der Waals surface area contributed by atoms with Crippen LogP contribution in [0.15, 0.2) is 0 Å². The first-order valence-corrected chi connectivity index (χ1v) is 3.69. The zero-order chi connectivity index (χ0) is 11.7. The molecule has 1 heterocycles. The highest BCUT2D eigenvalue weighted by Crippen LogP contribution is 2.29. The van der Waals surface area contributed by atoms with Gasteiger partial charge in [-0.15, -0.1) is 0 Å². The normalized spacial score (nSPS) is 26.8. The molecule has 0 amide bonds. The molecule has 2 atom stereocenters. The van der Waals surface area contributed by atoms with Gasteiger partial charge in [0.25, 0.3) is 0 Å². The number of rotatable bonds is 4. The molecule has 90 valence electrons. The van der Waals surface area contributed by atoms with Crippen molar-refractivity contribution >= 4 is 0 Å². The largest absolute Gasteiger partial charge is 0.411 e. The predicted molar refractivity (Wildman–Crippen MR) is 32.7 cm³/mol. The number of alkyl halides is 6. The summed E-state index contributed by atoms with van der Waals surface area (Å²) in [5.74, 6) is 0. The minimum absolute atomic E-state index is 1.37. The van der Waals surface area contributed by atoms with Crippen LogP contribution in [-0.2, 0) is 14.2 Å². The Morgan fingerprint density at radius 3 is 1.40 bits per heavy atom. The Labute approximate surface area is 79.9 Å². The van der Waals surface area contributed by atoms with E-state index in [4.69, 9.17) is 0 Å². The van der Waals surface area contributed by atoms with E-state index in [1.165, 1.54) is 0 Å². The van der Waals surface area contributed by atoms with Gasteiger partial charge < -0.3 is 14.2 Å². The van der Waals surface area contributed by atoms with Gasteiger partial charge >= 0.3 is 12.4 Å². The summed E-state index contributed by atoms with van der Waals surface area (Å²) in [5, 5.41) is 0. The number of hydrogen-bond acceptors (Lipinski definition) is 3. The molecular weight excluding hydrogens is 234 g/mol. The average molecular weight is 240 g/mol. The van der Waals surface area contributed by atoms with Gasteiger partial charge in [0, 0.05) is 0 Å². The second-order valence-corrected chi connectivity index (χ2v) is 2.73. The third-order valence-corrected chi connectivity index (χ3v) is 1.24. The van der Waals surface area contributed by atoms with Gasteiger partial charge in [-0.1, -0.05) is 0 Å². The summed E-state index contributed by atoms with van der Waals surface area (Å²) in [7, 11) is 0. The second-order valence-electron chi connectivity index (χ2n) is 2.73. The van der Waals surface area contributed by atoms with Crippen LogP contribution in [0.3, 0.4) is 0 Å². The molecule has 0 spiro atoms. The maximum absolute atomic E-state index is 11.5. The molecule has 0 aliphatic carbocycles. The fourth-order valence-corrected chi connectivity index (χ4v) is 0.676. The van der Waals surface area contributed by atoms with Crippen molar-refractivity contribution in [3.8, 4) is 0 Å². The van der Waals surface area contributed by atoms with E-state index < -0.39 is 38.1 Å². The maximum atomic E-state index is 11.5. The van der Waals surface area contributed by atoms with Crippen molar-refractivity contribution in [3.05, 3.63) is 0 Å². The summed E-state index contributed by atoms with van der Waals surface area (Å²) >= 11 is 0. The van der Waals surface area contributed by atoms with Gasteiger partial charge in [0.05, 0.1) is 0 Å². The number of epoxide rings is 1. The Hall–Kier alpha value is -0.540. The van der Waals surface area contributed by atoms with E-state index >= 15 is 0 Å². The molecule has 2 unspecified atom stereocenters. The Morgan fingerprint density at radius 1 is 0.800 bits per heavy atom. The minimum Gasteiger partial charge on any atom is -0.338 e. The van der Waals surface area contributed by atoms with Gasteiger partial charge in [-0.3, -0.25) is 0 Å². The molecule has 0 aromatic heterocycles. The molecule has 0 radical (unpaired) electrons. The van der Waals surface area contributed by atoms with Crippen molar-refractivity contribution in [2.75, 3.05) is 13.2 Å². The molecule has 9 heteroatoms. The first kappa shape index (κ1) is 12.5. The second kappa shape index (κ2) is 4.14. The van der Waals surface area contributed by atoms with Crippen molar-refractivity contribution in [1.82, 2.24) is 0 Å². The van der Waals surface area contributed by atoms with E-state index in [9.17, 15) is 26.3 Å². The number of ether oxygens (including phenoxy) is 3. The highest BCUT2D eigenvalue weighted by atomic mass is 19.4. The molecule has 0 saturated carbocycles. The van der Waals surface area contributed by atoms with E-state index in [0.717, 1.165) is 0 Å². The molecule has 1 aliphatic heterocycles. The topological polar surface area (TPSA) is 31.0 Å². The van der Waals surface area contributed by atoms with Gasteiger partial charge in [0.1, 0.15) is 13.2 Å². The lowest BCUT2D eigenvalue weighted by Crippen LogP contribution is -2.21. The molecule has 1 aliphatic rings. The molecule has 0 aromatic carbocycles. The Morgan fingerprint density at radius 2 is 1.13 bits per heavy atom. The highest BCUT2D eigenvalue weighted by molar-refractivity contribution is 4.68. The quantitative estimate of drug-likeness (QED) is 0.554. The first-order chi connectivity index (χ1) is 6.67. The van der Waals surface area contributed by atoms with Crippen LogP contribution in [0.25, 0.3) is 0 Å². The van der Waals surface area contributed by atoms with Gasteiger partial charge in [-0.2, -0.15) is 26.3 Å². The fraction of sp³-hybridized carbons (Fsp3) is 1.00. The van der Waals surface area contributed by atoms with E-state index in [2.05, 4.69) is 14.2 Å². The summed E-state index contributed by atoms with van der Waals surface area (Å²) in [4.78, 5) is 0. The SMILES string of the molecule is FC(F)(F)COC1OC1OCC(F)(F)F. The fourth-order valence-electron chi connectivity index (χ4n) is 0.676. The van der Waals surface area contributed by atoms with Crippen molar-refractivity contribution in [2.45, 2.75) is 24.9 Å². The Balaban J connectivity index is 2.08. The highest BCUT2D eigenvalue weighted by Gasteiger charge is 2.46. The van der Waals surface area contributed by atoms with Crippen LogP contribution >= 0.6 is 0 Å². The number of halogens is 6. The monoisotopic (exact) mass is 240 g/mol. The molecule has 1 saturated heterocycles. The predicted octanol–water partition coefficient (Wildman–Crippen LogP) is 1.83. The molecule has 15 heavy (non-hydrogen) atoms. The Kier molecular flexibility index (Phi) is 3.46. The van der Waals surface area contributed by atoms with Crippen LogP contribution in [-0.4, -0.2) is 38.1 Å². The lowest BCUT2D eigenvalue weighted by molar-refractivity contribution is -0.191. The van der Waals surface area contributed by atoms with Crippen LogP contribution in [0, 0.1) is 0 Å². The van der Waals surface area contributed by atoms with Crippen molar-refractivity contribution < 1.29 is 40.6 Å². The van der Waals surface area contributed by atoms with Crippen LogP contribution in [0.2, 0.25) is 0 Å². The van der Waals surface area contributed by atoms with E-state index in [1.807, 2.05) is 0 Å². The zero-order valence-electron chi connectivity index (χ0n) is 7.06. The standard InChI is InChI=1S/C6H6F6O3/c7-5(8,9)1-13-3-4(15-3)14-2-6(10,11)12/h3-4H,1-2H2. The van der Waals surface area contributed by atoms with Gasteiger partial charge in [0.2, 0.25) is 12.6 Å². The molecule has 0 N–H and O–H groups in total. The Bertz CT molecular complexity index is 190. The molecule has 0 bridgehead atoms. The first-order valence-electron chi connectivity index (χ1n) is 3.69.